The topological polar surface area (TPSA) is 89.6 Å². The second kappa shape index (κ2) is 8.47. The molecule has 0 radical (unpaired) electrons. The van der Waals surface area contributed by atoms with Crippen molar-refractivity contribution in [3.05, 3.63) is 24.3 Å². The first-order valence-corrected chi connectivity index (χ1v) is 5.60. The maximum Gasteiger partial charge on any atom is 0.334 e. The maximum absolute atomic E-state index is 11.0. The van der Waals surface area contributed by atoms with E-state index < -0.39 is 17.7 Å². The number of carboxylic acids is 1. The Labute approximate surface area is 108 Å². The van der Waals surface area contributed by atoms with Crippen molar-refractivity contribution in [3.8, 4) is 0 Å². The van der Waals surface area contributed by atoms with Crippen LogP contribution in [0.2, 0.25) is 0 Å². The zero-order valence-corrected chi connectivity index (χ0v) is 11.6. The van der Waals surface area contributed by atoms with E-state index in [1.54, 1.807) is 13.8 Å². The van der Waals surface area contributed by atoms with Gasteiger partial charge in [0.1, 0.15) is 0 Å². The zero-order valence-electron chi connectivity index (χ0n) is 11.6. The Kier molecular flexibility index (Phi) is 8.81. The van der Waals surface area contributed by atoms with Crippen molar-refractivity contribution in [2.45, 2.75) is 46.3 Å². The van der Waals surface area contributed by atoms with Crippen LogP contribution in [0, 0.1) is 0 Å². The number of carboxylic acid groups (broad SMARTS) is 1. The average molecular weight is 257 g/mol. The number of carbonyl (C=O) groups excluding carboxylic acids is 1. The van der Waals surface area contributed by atoms with E-state index >= 15 is 0 Å². The molecular weight excluding hydrogens is 234 g/mol. The Morgan fingerprint density at radius 3 is 1.89 bits per heavy atom. The maximum atomic E-state index is 11.0. The van der Waals surface area contributed by atoms with E-state index in [2.05, 4.69) is 13.2 Å². The molecule has 0 spiro atoms. The van der Waals surface area contributed by atoms with Crippen LogP contribution in [0.3, 0.4) is 0 Å². The number of esters is 1. The molecule has 1 unspecified atom stereocenters. The number of hydrogen-bond donors (Lipinski definition) is 2. The van der Waals surface area contributed by atoms with Crippen LogP contribution in [0.1, 0.15) is 40.5 Å². The summed E-state index contributed by atoms with van der Waals surface area (Å²) in [6.07, 6.45) is 1.54. The fourth-order valence-electron chi connectivity index (χ4n) is 0.846. The molecule has 104 valence electrons. The summed E-state index contributed by atoms with van der Waals surface area (Å²) in [7, 11) is 0. The smallest absolute Gasteiger partial charge is 0.334 e. The van der Waals surface area contributed by atoms with Crippen molar-refractivity contribution >= 4 is 11.9 Å². The van der Waals surface area contributed by atoms with Crippen molar-refractivity contribution in [1.82, 2.24) is 0 Å². The van der Waals surface area contributed by atoms with Gasteiger partial charge in [0.15, 0.2) is 5.72 Å². The minimum Gasteiger partial charge on any atom is -0.478 e. The molecule has 0 amide bonds. The van der Waals surface area contributed by atoms with Gasteiger partial charge < -0.3 is 9.84 Å². The molecule has 5 nitrogen and oxygen atoms in total. The minimum absolute atomic E-state index is 0.176. The van der Waals surface area contributed by atoms with E-state index in [4.69, 9.17) is 15.6 Å². The standard InChI is InChI=1S/C9H17NO2.C4H6O2/c1-5-6-9(4,10)12-8(11)7(2)3;1-3(2)4(5)6/h2,5-6,10H2,1,3-4H3;1H2,2H3,(H,5,6). The Morgan fingerprint density at radius 2 is 1.67 bits per heavy atom. The molecule has 3 N–H and O–H groups in total. The highest BCUT2D eigenvalue weighted by Gasteiger charge is 2.22. The van der Waals surface area contributed by atoms with Gasteiger partial charge in [-0.1, -0.05) is 26.5 Å². The van der Waals surface area contributed by atoms with Gasteiger partial charge in [-0.3, -0.25) is 5.73 Å². The monoisotopic (exact) mass is 257 g/mol. The summed E-state index contributed by atoms with van der Waals surface area (Å²) in [6.45, 7) is 13.4. The Balaban J connectivity index is 0. The molecule has 0 bridgehead atoms. The summed E-state index contributed by atoms with van der Waals surface area (Å²) in [5, 5.41) is 7.89. The number of aliphatic carboxylic acids is 1. The van der Waals surface area contributed by atoms with Crippen molar-refractivity contribution < 1.29 is 19.4 Å². The quantitative estimate of drug-likeness (QED) is 0.448. The highest BCUT2D eigenvalue weighted by Crippen LogP contribution is 2.12. The summed E-state index contributed by atoms with van der Waals surface area (Å²) >= 11 is 0. The van der Waals surface area contributed by atoms with E-state index in [-0.39, 0.29) is 5.57 Å². The van der Waals surface area contributed by atoms with Crippen LogP contribution >= 0.6 is 0 Å². The van der Waals surface area contributed by atoms with Crippen LogP contribution in [0.25, 0.3) is 0 Å². The molecule has 5 heteroatoms. The Bertz CT molecular complexity index is 320. The second-order valence-electron chi connectivity index (χ2n) is 4.32. The highest BCUT2D eigenvalue weighted by atomic mass is 16.6. The third-order valence-corrected chi connectivity index (χ3v) is 1.79. The lowest BCUT2D eigenvalue weighted by atomic mass is 10.1. The fraction of sp³-hybridized carbons (Fsp3) is 0.538. The lowest BCUT2D eigenvalue weighted by Gasteiger charge is -2.24. The second-order valence-corrected chi connectivity index (χ2v) is 4.32. The van der Waals surface area contributed by atoms with E-state index in [1.807, 2.05) is 6.92 Å². The molecule has 0 rings (SSSR count). The van der Waals surface area contributed by atoms with Gasteiger partial charge in [0.25, 0.3) is 0 Å². The molecule has 1 atom stereocenters. The van der Waals surface area contributed by atoms with Gasteiger partial charge in [0.2, 0.25) is 0 Å². The van der Waals surface area contributed by atoms with Gasteiger partial charge in [0.05, 0.1) is 0 Å². The lowest BCUT2D eigenvalue weighted by molar-refractivity contribution is -0.153. The van der Waals surface area contributed by atoms with Crippen LogP contribution in [0.15, 0.2) is 24.3 Å². The Morgan fingerprint density at radius 1 is 1.28 bits per heavy atom. The summed E-state index contributed by atoms with van der Waals surface area (Å²) in [5.41, 5.74) is 5.38. The number of hydrogen-bond acceptors (Lipinski definition) is 4. The summed E-state index contributed by atoms with van der Waals surface area (Å²) in [5.74, 6) is -1.36. The van der Waals surface area contributed by atoms with Gasteiger partial charge in [0, 0.05) is 17.6 Å². The van der Waals surface area contributed by atoms with E-state index in [0.29, 0.717) is 12.0 Å². The normalized spacial score (nSPS) is 12.5. The van der Waals surface area contributed by atoms with Crippen molar-refractivity contribution in [2.24, 2.45) is 5.73 Å². The molecule has 0 heterocycles. The zero-order chi connectivity index (χ0) is 14.9. The van der Waals surface area contributed by atoms with Gasteiger partial charge in [-0.2, -0.15) is 0 Å². The number of carbonyl (C=O) groups is 2. The molecule has 0 fully saturated rings. The SMILES string of the molecule is C=C(C)C(=O)O.C=C(C)C(=O)OC(C)(N)CCC. The molecule has 18 heavy (non-hydrogen) atoms. The first-order chi connectivity index (χ1) is 8.03. The van der Waals surface area contributed by atoms with Crippen LogP contribution in [-0.2, 0) is 14.3 Å². The molecule has 0 saturated carbocycles. The number of nitrogens with two attached hydrogens (primary N) is 1. The van der Waals surface area contributed by atoms with Crippen LogP contribution < -0.4 is 5.73 Å². The predicted octanol–water partition coefficient (Wildman–Crippen LogP) is 2.23. The molecule has 0 aliphatic heterocycles. The van der Waals surface area contributed by atoms with E-state index in [0.717, 1.165) is 6.42 Å². The summed E-state index contributed by atoms with van der Waals surface area (Å²) in [4.78, 5) is 20.6. The lowest BCUT2D eigenvalue weighted by Crippen LogP contribution is -2.41. The highest BCUT2D eigenvalue weighted by molar-refractivity contribution is 5.87. The first kappa shape index (κ1) is 18.7. The predicted molar refractivity (Wildman–Crippen MR) is 70.9 cm³/mol. The molecule has 0 aliphatic carbocycles. The van der Waals surface area contributed by atoms with Crippen molar-refractivity contribution in [3.63, 3.8) is 0 Å². The average Bonchev–Trinajstić information content (AvgIpc) is 2.17. The number of ether oxygens (including phenoxy) is 1. The number of rotatable bonds is 5. The third kappa shape index (κ3) is 10.9. The van der Waals surface area contributed by atoms with Crippen molar-refractivity contribution in [1.29, 1.82) is 0 Å². The van der Waals surface area contributed by atoms with Crippen LogP contribution in [0.4, 0.5) is 0 Å². The fourth-order valence-corrected chi connectivity index (χ4v) is 0.846. The Hall–Kier alpha value is -1.62. The van der Waals surface area contributed by atoms with Gasteiger partial charge in [-0.25, -0.2) is 9.59 Å². The molecule has 0 saturated heterocycles. The van der Waals surface area contributed by atoms with Crippen LogP contribution in [-0.4, -0.2) is 22.8 Å². The molecule has 0 aromatic carbocycles. The summed E-state index contributed by atoms with van der Waals surface area (Å²) in [6, 6.07) is 0. The van der Waals surface area contributed by atoms with Crippen molar-refractivity contribution in [2.75, 3.05) is 0 Å². The van der Waals surface area contributed by atoms with Gasteiger partial charge in [-0.05, 0) is 20.8 Å². The third-order valence-electron chi connectivity index (χ3n) is 1.79. The summed E-state index contributed by atoms with van der Waals surface area (Å²) < 4.78 is 4.98. The molecule has 0 aliphatic rings. The largest absolute Gasteiger partial charge is 0.478 e. The minimum atomic E-state index is -0.935. The van der Waals surface area contributed by atoms with Gasteiger partial charge >= 0.3 is 11.9 Å². The van der Waals surface area contributed by atoms with E-state index in [9.17, 15) is 9.59 Å². The molecule has 0 aromatic heterocycles. The molecule has 0 aromatic rings. The van der Waals surface area contributed by atoms with Gasteiger partial charge in [-0.15, -0.1) is 0 Å². The molecular formula is C13H23NO4. The first-order valence-electron chi connectivity index (χ1n) is 5.60. The van der Waals surface area contributed by atoms with Crippen LogP contribution in [0.5, 0.6) is 0 Å². The van der Waals surface area contributed by atoms with E-state index in [1.165, 1.54) is 6.92 Å².